The maximum atomic E-state index is 13.6. The molecule has 5 nitrogen and oxygen atoms in total. The van der Waals surface area contributed by atoms with Gasteiger partial charge in [0, 0.05) is 32.1 Å². The Hall–Kier alpha value is -2.66. The average molecular weight is 464 g/mol. The first kappa shape index (κ1) is 26.0. The number of nitrogens with one attached hydrogen (secondary N) is 1. The largest absolute Gasteiger partial charge is 0.355 e. The van der Waals surface area contributed by atoms with Gasteiger partial charge in [-0.2, -0.15) is 0 Å². The number of benzene rings is 2. The maximum Gasteiger partial charge on any atom is 0.230 e. The van der Waals surface area contributed by atoms with E-state index in [0.29, 0.717) is 44.9 Å². The minimum atomic E-state index is -0.574. The Morgan fingerprint density at radius 3 is 2.21 bits per heavy atom. The van der Waals surface area contributed by atoms with Crippen molar-refractivity contribution in [2.45, 2.75) is 63.8 Å². The number of hydrogen-bond donors (Lipinski definition) is 1. The third-order valence-electron chi connectivity index (χ3n) is 7.56. The first-order valence-electron chi connectivity index (χ1n) is 12.9. The molecule has 1 N–H and O–H groups in total. The number of hydrogen-bond acceptors (Lipinski definition) is 3. The van der Waals surface area contributed by atoms with Crippen LogP contribution in [0.1, 0.15) is 57.1 Å². The summed E-state index contributed by atoms with van der Waals surface area (Å²) in [4.78, 5) is 30.8. The summed E-state index contributed by atoms with van der Waals surface area (Å²) in [6.07, 6.45) is 4.60. The van der Waals surface area contributed by atoms with Crippen molar-refractivity contribution < 1.29 is 9.59 Å². The van der Waals surface area contributed by atoms with Crippen LogP contribution in [-0.2, 0) is 21.4 Å². The molecule has 1 unspecified atom stereocenters. The monoisotopic (exact) mass is 463 g/mol. The van der Waals surface area contributed by atoms with E-state index in [9.17, 15) is 9.59 Å². The molecule has 1 saturated heterocycles. The molecular formula is C29H41N3O2. The van der Waals surface area contributed by atoms with Gasteiger partial charge in [-0.15, -0.1) is 0 Å². The van der Waals surface area contributed by atoms with E-state index in [-0.39, 0.29) is 11.8 Å². The van der Waals surface area contributed by atoms with Crippen molar-refractivity contribution in [3.05, 3.63) is 71.8 Å². The maximum absolute atomic E-state index is 13.6. The van der Waals surface area contributed by atoms with Crippen molar-refractivity contribution in [2.75, 3.05) is 33.2 Å². The van der Waals surface area contributed by atoms with Crippen LogP contribution in [0.3, 0.4) is 0 Å². The van der Waals surface area contributed by atoms with Crippen LogP contribution in [-0.4, -0.2) is 60.9 Å². The molecule has 0 aromatic heterocycles. The van der Waals surface area contributed by atoms with Crippen LogP contribution in [0.15, 0.2) is 60.7 Å². The molecule has 5 heteroatoms. The van der Waals surface area contributed by atoms with Gasteiger partial charge in [-0.1, -0.05) is 74.5 Å². The third kappa shape index (κ3) is 6.47. The predicted octanol–water partition coefficient (Wildman–Crippen LogP) is 4.42. The van der Waals surface area contributed by atoms with Crippen molar-refractivity contribution in [1.82, 2.24) is 15.1 Å². The van der Waals surface area contributed by atoms with Crippen LogP contribution in [0.2, 0.25) is 0 Å². The van der Waals surface area contributed by atoms with Gasteiger partial charge in [-0.05, 0) is 56.8 Å². The molecule has 0 aliphatic carbocycles. The number of piperidine rings is 1. The summed E-state index contributed by atoms with van der Waals surface area (Å²) in [5.41, 5.74) is 1.67. The van der Waals surface area contributed by atoms with E-state index < -0.39 is 5.41 Å². The second-order valence-corrected chi connectivity index (χ2v) is 9.49. The fourth-order valence-electron chi connectivity index (χ4n) is 5.11. The van der Waals surface area contributed by atoms with Crippen LogP contribution in [0, 0.1) is 0 Å². The minimum Gasteiger partial charge on any atom is -0.355 e. The Kier molecular flexibility index (Phi) is 9.70. The van der Waals surface area contributed by atoms with E-state index in [4.69, 9.17) is 0 Å². The second-order valence-electron chi connectivity index (χ2n) is 9.49. The molecule has 0 bridgehead atoms. The highest BCUT2D eigenvalue weighted by atomic mass is 16.2. The summed E-state index contributed by atoms with van der Waals surface area (Å²) >= 11 is 0. The Morgan fingerprint density at radius 2 is 1.62 bits per heavy atom. The highest BCUT2D eigenvalue weighted by molar-refractivity contribution is 5.89. The predicted molar refractivity (Wildman–Crippen MR) is 139 cm³/mol. The van der Waals surface area contributed by atoms with Crippen molar-refractivity contribution in [1.29, 1.82) is 0 Å². The van der Waals surface area contributed by atoms with E-state index in [1.165, 1.54) is 5.56 Å². The zero-order valence-electron chi connectivity index (χ0n) is 21.1. The van der Waals surface area contributed by atoms with Gasteiger partial charge in [0.2, 0.25) is 11.8 Å². The van der Waals surface area contributed by atoms with E-state index in [1.807, 2.05) is 41.3 Å². The van der Waals surface area contributed by atoms with Gasteiger partial charge in [0.25, 0.3) is 0 Å². The fraction of sp³-hybridized carbons (Fsp3) is 0.517. The van der Waals surface area contributed by atoms with E-state index in [0.717, 1.165) is 31.4 Å². The summed E-state index contributed by atoms with van der Waals surface area (Å²) in [6, 6.07) is 20.7. The number of carbonyl (C=O) groups excluding carboxylic acids is 2. The van der Waals surface area contributed by atoms with Crippen molar-refractivity contribution in [2.24, 2.45) is 0 Å². The van der Waals surface area contributed by atoms with Crippen molar-refractivity contribution in [3.8, 4) is 0 Å². The highest BCUT2D eigenvalue weighted by Crippen LogP contribution is 2.36. The first-order chi connectivity index (χ1) is 16.5. The third-order valence-corrected chi connectivity index (χ3v) is 7.56. The summed E-state index contributed by atoms with van der Waals surface area (Å²) in [5, 5.41) is 3.26. The van der Waals surface area contributed by atoms with Gasteiger partial charge in [-0.25, -0.2) is 0 Å². The van der Waals surface area contributed by atoms with Crippen molar-refractivity contribution >= 4 is 11.8 Å². The molecule has 1 heterocycles. The molecular weight excluding hydrogens is 422 g/mol. The highest BCUT2D eigenvalue weighted by Gasteiger charge is 2.43. The van der Waals surface area contributed by atoms with Gasteiger partial charge in [0.15, 0.2) is 0 Å². The van der Waals surface area contributed by atoms with Gasteiger partial charge < -0.3 is 15.1 Å². The second kappa shape index (κ2) is 12.7. The molecule has 2 aromatic carbocycles. The van der Waals surface area contributed by atoms with Gasteiger partial charge >= 0.3 is 0 Å². The molecule has 0 saturated carbocycles. The normalized spacial score (nSPS) is 16.3. The number of rotatable bonds is 11. The lowest BCUT2D eigenvalue weighted by Gasteiger charge is -2.41. The summed E-state index contributed by atoms with van der Waals surface area (Å²) in [6.45, 7) is 7.29. The Balaban J connectivity index is 1.62. The molecule has 34 heavy (non-hydrogen) atoms. The summed E-state index contributed by atoms with van der Waals surface area (Å²) < 4.78 is 0. The lowest BCUT2D eigenvalue weighted by Crippen LogP contribution is -2.53. The number of amides is 2. The van der Waals surface area contributed by atoms with E-state index >= 15 is 0 Å². The lowest BCUT2D eigenvalue weighted by molar-refractivity contribution is -0.137. The minimum absolute atomic E-state index is 0.101. The molecule has 2 amide bonds. The number of nitrogens with zero attached hydrogens (tertiary/aromatic N) is 2. The van der Waals surface area contributed by atoms with Crippen molar-refractivity contribution in [3.63, 3.8) is 0 Å². The zero-order chi connectivity index (χ0) is 24.4. The molecule has 184 valence electrons. The Labute approximate surface area is 205 Å². The molecule has 2 aromatic rings. The van der Waals surface area contributed by atoms with E-state index in [1.54, 1.807) is 0 Å². The van der Waals surface area contributed by atoms with Gasteiger partial charge in [0.05, 0.1) is 5.41 Å². The standard InChI is InChI=1S/C29H41N3O2/c1-4-26(31(3)5-2)18-21-30-28(34)29(25-14-10-7-11-15-25)19-22-32(23-20-29)27(33)17-16-24-12-8-6-9-13-24/h6-15,26H,4-5,16-23H2,1-3H3,(H,30,34). The Morgan fingerprint density at radius 1 is 1.00 bits per heavy atom. The van der Waals surface area contributed by atoms with Gasteiger partial charge in [0.1, 0.15) is 0 Å². The smallest absolute Gasteiger partial charge is 0.230 e. The lowest BCUT2D eigenvalue weighted by atomic mass is 9.72. The first-order valence-corrected chi connectivity index (χ1v) is 12.9. The van der Waals surface area contributed by atoms with Crippen LogP contribution in [0.25, 0.3) is 0 Å². The van der Waals surface area contributed by atoms with Crippen LogP contribution in [0.5, 0.6) is 0 Å². The van der Waals surface area contributed by atoms with Crippen LogP contribution >= 0.6 is 0 Å². The molecule has 1 aliphatic heterocycles. The van der Waals surface area contributed by atoms with Crippen LogP contribution < -0.4 is 5.32 Å². The topological polar surface area (TPSA) is 52.7 Å². The van der Waals surface area contributed by atoms with Crippen LogP contribution in [0.4, 0.5) is 0 Å². The molecule has 3 rings (SSSR count). The SMILES string of the molecule is CCC(CCNC(=O)C1(c2ccccc2)CCN(C(=O)CCc2ccccc2)CC1)N(C)CC. The molecule has 1 aliphatic rings. The molecule has 0 spiro atoms. The summed E-state index contributed by atoms with van der Waals surface area (Å²) in [5.74, 6) is 0.281. The number of aryl methyl sites for hydroxylation is 1. The molecule has 0 radical (unpaired) electrons. The average Bonchev–Trinajstić information content (AvgIpc) is 2.90. The molecule has 1 atom stereocenters. The number of carbonyl (C=O) groups is 2. The van der Waals surface area contributed by atoms with E-state index in [2.05, 4.69) is 55.4 Å². The summed E-state index contributed by atoms with van der Waals surface area (Å²) in [7, 11) is 2.14. The Bertz CT molecular complexity index is 892. The molecule has 1 fully saturated rings. The quantitative estimate of drug-likeness (QED) is 0.537. The zero-order valence-corrected chi connectivity index (χ0v) is 21.1. The van der Waals surface area contributed by atoms with Gasteiger partial charge in [-0.3, -0.25) is 9.59 Å². The number of likely N-dealkylation sites (tertiary alicyclic amines) is 1. The fourth-order valence-corrected chi connectivity index (χ4v) is 5.11.